The lowest BCUT2D eigenvalue weighted by molar-refractivity contribution is -0.125. The molecule has 0 aromatic rings. The summed E-state index contributed by atoms with van der Waals surface area (Å²) in [5.41, 5.74) is 5.59. The molecule has 0 aromatic heterocycles. The summed E-state index contributed by atoms with van der Waals surface area (Å²) in [6.45, 7) is 6.07. The number of hydrogen-bond donors (Lipinski definition) is 2. The molecule has 0 aliphatic rings. The van der Waals surface area contributed by atoms with Gasteiger partial charge in [-0.3, -0.25) is 4.79 Å². The number of amides is 1. The Labute approximate surface area is 79.8 Å². The van der Waals surface area contributed by atoms with Gasteiger partial charge in [0.2, 0.25) is 5.91 Å². The molecule has 3 N–H and O–H groups in total. The van der Waals surface area contributed by atoms with Gasteiger partial charge >= 0.3 is 0 Å². The topological polar surface area (TPSA) is 64.3 Å². The first kappa shape index (κ1) is 12.4. The van der Waals surface area contributed by atoms with Gasteiger partial charge in [0, 0.05) is 25.1 Å². The van der Waals surface area contributed by atoms with Crippen LogP contribution in [-0.2, 0) is 9.53 Å². The molecular weight excluding hydrogens is 168 g/mol. The Morgan fingerprint density at radius 1 is 1.46 bits per heavy atom. The second-order valence-electron chi connectivity index (χ2n) is 3.51. The lowest BCUT2D eigenvalue weighted by Gasteiger charge is -2.18. The average Bonchev–Trinajstić information content (AvgIpc) is 2.03. The van der Waals surface area contributed by atoms with E-state index in [-0.39, 0.29) is 23.9 Å². The predicted molar refractivity (Wildman–Crippen MR) is 52.3 cm³/mol. The van der Waals surface area contributed by atoms with Crippen LogP contribution >= 0.6 is 0 Å². The number of nitrogens with one attached hydrogen (secondary N) is 1. The van der Waals surface area contributed by atoms with Crippen molar-refractivity contribution in [2.24, 2.45) is 11.7 Å². The quantitative estimate of drug-likeness (QED) is 0.644. The summed E-state index contributed by atoms with van der Waals surface area (Å²) in [6.07, 6.45) is 0. The molecule has 78 valence electrons. The van der Waals surface area contributed by atoms with Gasteiger partial charge in [0.15, 0.2) is 0 Å². The highest BCUT2D eigenvalue weighted by Crippen LogP contribution is 2.00. The van der Waals surface area contributed by atoms with Crippen LogP contribution in [0.1, 0.15) is 20.8 Å². The van der Waals surface area contributed by atoms with Crippen molar-refractivity contribution >= 4 is 5.91 Å². The fourth-order valence-electron chi connectivity index (χ4n) is 0.905. The van der Waals surface area contributed by atoms with Crippen LogP contribution in [0.5, 0.6) is 0 Å². The van der Waals surface area contributed by atoms with Crippen molar-refractivity contribution in [1.29, 1.82) is 0 Å². The fourth-order valence-corrected chi connectivity index (χ4v) is 0.905. The average molecular weight is 188 g/mol. The predicted octanol–water partition coefficient (Wildman–Crippen LogP) is 0.121. The summed E-state index contributed by atoms with van der Waals surface area (Å²) < 4.78 is 4.90. The van der Waals surface area contributed by atoms with Crippen molar-refractivity contribution in [1.82, 2.24) is 5.32 Å². The van der Waals surface area contributed by atoms with Crippen LogP contribution in [-0.4, -0.2) is 31.7 Å². The molecule has 13 heavy (non-hydrogen) atoms. The minimum absolute atomic E-state index is 0.0143. The Morgan fingerprint density at radius 2 is 2.00 bits per heavy atom. The number of methoxy groups -OCH3 is 1. The largest absolute Gasteiger partial charge is 0.383 e. The zero-order chi connectivity index (χ0) is 10.4. The maximum absolute atomic E-state index is 11.4. The van der Waals surface area contributed by atoms with Crippen LogP contribution in [0.15, 0.2) is 0 Å². The molecule has 4 heteroatoms. The minimum atomic E-state index is -0.153. The van der Waals surface area contributed by atoms with Crippen LogP contribution in [0.2, 0.25) is 0 Å². The van der Waals surface area contributed by atoms with Gasteiger partial charge in [0.1, 0.15) is 0 Å². The van der Waals surface area contributed by atoms with Crippen LogP contribution < -0.4 is 11.1 Å². The molecular formula is C9H20N2O2. The van der Waals surface area contributed by atoms with Gasteiger partial charge in [-0.25, -0.2) is 0 Å². The maximum atomic E-state index is 11.4. The van der Waals surface area contributed by atoms with E-state index in [4.69, 9.17) is 10.5 Å². The van der Waals surface area contributed by atoms with Gasteiger partial charge in [-0.15, -0.1) is 0 Å². The molecule has 0 aromatic carbocycles. The third-order valence-corrected chi connectivity index (χ3v) is 2.01. The van der Waals surface area contributed by atoms with Crippen molar-refractivity contribution in [3.05, 3.63) is 0 Å². The molecule has 0 radical (unpaired) electrons. The van der Waals surface area contributed by atoms with E-state index in [1.54, 1.807) is 7.11 Å². The van der Waals surface area contributed by atoms with E-state index in [9.17, 15) is 4.79 Å². The second kappa shape index (κ2) is 5.94. The third kappa shape index (κ3) is 4.85. The van der Waals surface area contributed by atoms with Crippen molar-refractivity contribution < 1.29 is 9.53 Å². The number of nitrogens with two attached hydrogens (primary N) is 1. The van der Waals surface area contributed by atoms with E-state index in [0.29, 0.717) is 6.61 Å². The lowest BCUT2D eigenvalue weighted by Crippen LogP contribution is -2.43. The number of rotatable bonds is 5. The van der Waals surface area contributed by atoms with Crippen molar-refractivity contribution in [2.75, 3.05) is 13.7 Å². The summed E-state index contributed by atoms with van der Waals surface area (Å²) in [7, 11) is 1.61. The Balaban J connectivity index is 3.85. The maximum Gasteiger partial charge on any atom is 0.224 e. The van der Waals surface area contributed by atoms with Crippen LogP contribution in [0, 0.1) is 5.92 Å². The lowest BCUT2D eigenvalue weighted by atomic mass is 10.0. The third-order valence-electron chi connectivity index (χ3n) is 2.01. The van der Waals surface area contributed by atoms with Crippen LogP contribution in [0.4, 0.5) is 0 Å². The zero-order valence-electron chi connectivity index (χ0n) is 8.83. The molecule has 0 spiro atoms. The number of carbonyl (C=O) groups excluding carboxylic acids is 1. The molecule has 1 amide bonds. The molecule has 0 aliphatic carbocycles. The molecule has 4 nitrogen and oxygen atoms in total. The molecule has 0 bridgehead atoms. The molecule has 3 atom stereocenters. The zero-order valence-corrected chi connectivity index (χ0v) is 8.83. The van der Waals surface area contributed by atoms with Crippen LogP contribution in [0.25, 0.3) is 0 Å². The summed E-state index contributed by atoms with van der Waals surface area (Å²) in [5.74, 6) is -0.168. The summed E-state index contributed by atoms with van der Waals surface area (Å²) in [6, 6.07) is -0.0755. The first-order valence-electron chi connectivity index (χ1n) is 4.54. The summed E-state index contributed by atoms with van der Waals surface area (Å²) in [5, 5.41) is 2.82. The first-order valence-corrected chi connectivity index (χ1v) is 4.54. The Kier molecular flexibility index (Phi) is 5.66. The molecule has 0 heterocycles. The van der Waals surface area contributed by atoms with Gasteiger partial charge in [-0.05, 0) is 13.8 Å². The standard InChI is InChI=1S/C9H20N2O2/c1-6(5-13-4)11-9(12)7(2)8(3)10/h6-8H,5,10H2,1-4H3,(H,11,12). The first-order chi connectivity index (χ1) is 5.99. The van der Waals surface area contributed by atoms with E-state index in [2.05, 4.69) is 5.32 Å². The van der Waals surface area contributed by atoms with E-state index in [0.717, 1.165) is 0 Å². The van der Waals surface area contributed by atoms with Gasteiger partial charge in [0.05, 0.1) is 6.61 Å². The summed E-state index contributed by atoms with van der Waals surface area (Å²) in [4.78, 5) is 11.4. The molecule has 0 aliphatic heterocycles. The van der Waals surface area contributed by atoms with E-state index in [1.165, 1.54) is 0 Å². The van der Waals surface area contributed by atoms with Crippen molar-refractivity contribution in [2.45, 2.75) is 32.9 Å². The highest BCUT2D eigenvalue weighted by Gasteiger charge is 2.18. The Bertz CT molecular complexity index is 160. The molecule has 3 unspecified atom stereocenters. The summed E-state index contributed by atoms with van der Waals surface area (Å²) >= 11 is 0. The highest BCUT2D eigenvalue weighted by molar-refractivity contribution is 5.79. The molecule has 0 saturated carbocycles. The SMILES string of the molecule is COCC(C)NC(=O)C(C)C(C)N. The van der Waals surface area contributed by atoms with Gasteiger partial charge in [0.25, 0.3) is 0 Å². The van der Waals surface area contributed by atoms with Crippen molar-refractivity contribution in [3.8, 4) is 0 Å². The number of hydrogen-bond acceptors (Lipinski definition) is 3. The molecule has 0 fully saturated rings. The fraction of sp³-hybridized carbons (Fsp3) is 0.889. The molecule has 0 rings (SSSR count). The van der Waals surface area contributed by atoms with E-state index in [1.807, 2.05) is 20.8 Å². The number of ether oxygens (including phenoxy) is 1. The molecule has 0 saturated heterocycles. The Hall–Kier alpha value is -0.610. The van der Waals surface area contributed by atoms with Gasteiger partial charge in [-0.1, -0.05) is 6.92 Å². The van der Waals surface area contributed by atoms with Crippen LogP contribution in [0.3, 0.4) is 0 Å². The van der Waals surface area contributed by atoms with Gasteiger partial charge < -0.3 is 15.8 Å². The Morgan fingerprint density at radius 3 is 2.38 bits per heavy atom. The minimum Gasteiger partial charge on any atom is -0.383 e. The highest BCUT2D eigenvalue weighted by atomic mass is 16.5. The van der Waals surface area contributed by atoms with E-state index >= 15 is 0 Å². The normalized spacial score (nSPS) is 17.6. The van der Waals surface area contributed by atoms with E-state index < -0.39 is 0 Å². The monoisotopic (exact) mass is 188 g/mol. The van der Waals surface area contributed by atoms with Gasteiger partial charge in [-0.2, -0.15) is 0 Å². The second-order valence-corrected chi connectivity index (χ2v) is 3.51. The van der Waals surface area contributed by atoms with Crippen molar-refractivity contribution in [3.63, 3.8) is 0 Å². The smallest absolute Gasteiger partial charge is 0.224 e. The number of carbonyl (C=O) groups is 1.